The fourth-order valence-corrected chi connectivity index (χ4v) is 2.17. The van der Waals surface area contributed by atoms with Crippen LogP contribution in [0.2, 0.25) is 0 Å². The fourth-order valence-electron chi connectivity index (χ4n) is 2.17. The Labute approximate surface area is 127 Å². The lowest BCUT2D eigenvalue weighted by Gasteiger charge is -2.12. The molecule has 0 atom stereocenters. The monoisotopic (exact) mass is 338 g/mol. The van der Waals surface area contributed by atoms with Crippen LogP contribution in [-0.4, -0.2) is 20.8 Å². The van der Waals surface area contributed by atoms with Crippen LogP contribution in [0.1, 0.15) is 16.8 Å². The maximum Gasteiger partial charge on any atom is 0.434 e. The van der Waals surface area contributed by atoms with Crippen LogP contribution in [0, 0.1) is 0 Å². The Balaban J connectivity index is 2.49. The van der Waals surface area contributed by atoms with Crippen molar-refractivity contribution in [2.75, 3.05) is 0 Å². The molecule has 0 bridgehead atoms. The molecule has 0 spiro atoms. The second-order valence-electron chi connectivity index (χ2n) is 4.99. The summed E-state index contributed by atoms with van der Waals surface area (Å²) < 4.78 is 76.8. The number of nitrogens with zero attached hydrogens (tertiary/aromatic N) is 2. The van der Waals surface area contributed by atoms with Crippen LogP contribution in [0.5, 0.6) is 0 Å². The number of aliphatic hydroxyl groups is 1. The second-order valence-corrected chi connectivity index (χ2v) is 4.99. The van der Waals surface area contributed by atoms with Gasteiger partial charge in [0.1, 0.15) is 5.82 Å². The van der Waals surface area contributed by atoms with E-state index in [1.54, 1.807) is 0 Å². The summed E-state index contributed by atoms with van der Waals surface area (Å²) in [6.45, 7) is -0.597. The van der Waals surface area contributed by atoms with Gasteiger partial charge in [-0.05, 0) is 17.2 Å². The Morgan fingerprint density at radius 2 is 1.74 bits per heavy atom. The van der Waals surface area contributed by atoms with Crippen molar-refractivity contribution in [3.8, 4) is 11.4 Å². The predicted octanol–water partition coefficient (Wildman–Crippen LogP) is 3.70. The molecule has 1 aromatic heterocycles. The van der Waals surface area contributed by atoms with Crippen LogP contribution in [-0.2, 0) is 26.3 Å². The van der Waals surface area contributed by atoms with Gasteiger partial charge < -0.3 is 9.67 Å². The molecule has 0 radical (unpaired) electrons. The van der Waals surface area contributed by atoms with Crippen molar-refractivity contribution in [3.63, 3.8) is 0 Å². The minimum absolute atomic E-state index is 0.0660. The lowest BCUT2D eigenvalue weighted by molar-refractivity contribution is -0.141. The molecule has 0 aliphatic rings. The first-order valence-electron chi connectivity index (χ1n) is 6.41. The van der Waals surface area contributed by atoms with Crippen LogP contribution in [0.15, 0.2) is 24.4 Å². The van der Waals surface area contributed by atoms with Gasteiger partial charge in [0.2, 0.25) is 0 Å². The van der Waals surface area contributed by atoms with E-state index in [9.17, 15) is 26.3 Å². The number of alkyl halides is 6. The lowest BCUT2D eigenvalue weighted by atomic mass is 10.0. The van der Waals surface area contributed by atoms with Crippen LogP contribution < -0.4 is 0 Å². The first-order valence-corrected chi connectivity index (χ1v) is 6.41. The summed E-state index contributed by atoms with van der Waals surface area (Å²) in [5.74, 6) is -0.106. The summed E-state index contributed by atoms with van der Waals surface area (Å²) in [5.41, 5.74) is -1.15. The minimum Gasteiger partial charge on any atom is -0.392 e. The molecule has 0 amide bonds. The van der Waals surface area contributed by atoms with E-state index < -0.39 is 31.1 Å². The van der Waals surface area contributed by atoms with Gasteiger partial charge in [0.15, 0.2) is 5.69 Å². The summed E-state index contributed by atoms with van der Waals surface area (Å²) in [5, 5.41) is 9.11. The number of benzene rings is 1. The van der Waals surface area contributed by atoms with E-state index in [2.05, 4.69) is 4.98 Å². The zero-order chi connectivity index (χ0) is 17.4. The molecule has 0 fully saturated rings. The maximum absolute atomic E-state index is 12.7. The molecule has 2 rings (SSSR count). The average molecular weight is 338 g/mol. The number of imidazole rings is 1. The molecular formula is C14H12F6N2O. The predicted molar refractivity (Wildman–Crippen MR) is 69.3 cm³/mol. The van der Waals surface area contributed by atoms with Gasteiger partial charge in [-0.1, -0.05) is 12.1 Å². The molecule has 23 heavy (non-hydrogen) atoms. The quantitative estimate of drug-likeness (QED) is 0.867. The Kier molecular flexibility index (Phi) is 4.43. The van der Waals surface area contributed by atoms with E-state index in [-0.39, 0.29) is 22.5 Å². The number of hydrogen-bond donors (Lipinski definition) is 1. The van der Waals surface area contributed by atoms with Gasteiger partial charge in [-0.25, -0.2) is 4.98 Å². The van der Waals surface area contributed by atoms with Gasteiger partial charge in [-0.15, -0.1) is 0 Å². The molecular weight excluding hydrogens is 326 g/mol. The fraction of sp³-hybridized carbons (Fsp3) is 0.357. The number of aliphatic hydroxyl groups excluding tert-OH is 1. The SMILES string of the molecule is Cn1cc(C(F)(F)F)nc1-c1ccc(CO)c(CC(F)(F)F)c1. The number of rotatable bonds is 3. The molecule has 0 unspecified atom stereocenters. The maximum atomic E-state index is 12.7. The third-order valence-electron chi connectivity index (χ3n) is 3.19. The second kappa shape index (κ2) is 5.88. The normalized spacial score (nSPS) is 12.7. The van der Waals surface area contributed by atoms with Gasteiger partial charge in [0.25, 0.3) is 0 Å². The van der Waals surface area contributed by atoms with Gasteiger partial charge in [0, 0.05) is 18.8 Å². The summed E-state index contributed by atoms with van der Waals surface area (Å²) in [6, 6.07) is 3.67. The third-order valence-corrected chi connectivity index (χ3v) is 3.19. The number of aromatic nitrogens is 2. The Hall–Kier alpha value is -2.03. The molecule has 1 aromatic carbocycles. The summed E-state index contributed by atoms with van der Waals surface area (Å²) in [4.78, 5) is 3.44. The van der Waals surface area contributed by atoms with Crippen LogP contribution in [0.25, 0.3) is 11.4 Å². The molecule has 0 saturated heterocycles. The summed E-state index contributed by atoms with van der Waals surface area (Å²) in [7, 11) is 1.32. The van der Waals surface area contributed by atoms with Gasteiger partial charge in [-0.3, -0.25) is 0 Å². The largest absolute Gasteiger partial charge is 0.434 e. The first-order chi connectivity index (χ1) is 10.5. The molecule has 0 aliphatic heterocycles. The zero-order valence-electron chi connectivity index (χ0n) is 11.8. The van der Waals surface area contributed by atoms with Gasteiger partial charge >= 0.3 is 12.4 Å². The molecule has 1 N–H and O–H groups in total. The number of hydrogen-bond acceptors (Lipinski definition) is 2. The molecule has 1 heterocycles. The number of halogens is 6. The van der Waals surface area contributed by atoms with E-state index in [1.807, 2.05) is 0 Å². The summed E-state index contributed by atoms with van der Waals surface area (Å²) >= 11 is 0. The van der Waals surface area contributed by atoms with E-state index in [0.717, 1.165) is 16.8 Å². The Morgan fingerprint density at radius 3 is 2.22 bits per heavy atom. The van der Waals surface area contributed by atoms with Crippen LogP contribution >= 0.6 is 0 Å². The zero-order valence-corrected chi connectivity index (χ0v) is 11.8. The highest BCUT2D eigenvalue weighted by Crippen LogP contribution is 2.32. The molecule has 0 aliphatic carbocycles. The molecule has 3 nitrogen and oxygen atoms in total. The Bertz CT molecular complexity index is 702. The van der Waals surface area contributed by atoms with Gasteiger partial charge in [0.05, 0.1) is 13.0 Å². The van der Waals surface area contributed by atoms with Crippen molar-refractivity contribution in [3.05, 3.63) is 41.2 Å². The van der Waals surface area contributed by atoms with Crippen molar-refractivity contribution in [2.24, 2.45) is 7.05 Å². The average Bonchev–Trinajstić information content (AvgIpc) is 2.79. The van der Waals surface area contributed by atoms with Crippen LogP contribution in [0.4, 0.5) is 26.3 Å². The highest BCUT2D eigenvalue weighted by atomic mass is 19.4. The van der Waals surface area contributed by atoms with E-state index in [1.165, 1.54) is 19.2 Å². The lowest BCUT2D eigenvalue weighted by Crippen LogP contribution is -2.13. The molecule has 0 saturated carbocycles. The van der Waals surface area contributed by atoms with Crippen molar-refractivity contribution in [1.82, 2.24) is 9.55 Å². The van der Waals surface area contributed by atoms with E-state index in [0.29, 0.717) is 0 Å². The molecule has 9 heteroatoms. The van der Waals surface area contributed by atoms with Crippen molar-refractivity contribution in [2.45, 2.75) is 25.4 Å². The van der Waals surface area contributed by atoms with Crippen molar-refractivity contribution >= 4 is 0 Å². The number of aryl methyl sites for hydroxylation is 1. The van der Waals surface area contributed by atoms with Gasteiger partial charge in [-0.2, -0.15) is 26.3 Å². The van der Waals surface area contributed by atoms with Crippen molar-refractivity contribution < 1.29 is 31.4 Å². The highest BCUT2D eigenvalue weighted by molar-refractivity contribution is 5.58. The van der Waals surface area contributed by atoms with E-state index in [4.69, 9.17) is 5.11 Å². The highest BCUT2D eigenvalue weighted by Gasteiger charge is 2.35. The molecule has 126 valence electrons. The van der Waals surface area contributed by atoms with Crippen LogP contribution in [0.3, 0.4) is 0 Å². The topological polar surface area (TPSA) is 38.0 Å². The first kappa shape index (κ1) is 17.3. The van der Waals surface area contributed by atoms with E-state index >= 15 is 0 Å². The summed E-state index contributed by atoms with van der Waals surface area (Å²) in [6.07, 6.45) is -9.66. The Morgan fingerprint density at radius 1 is 1.09 bits per heavy atom. The van der Waals surface area contributed by atoms with Crippen molar-refractivity contribution in [1.29, 1.82) is 0 Å². The smallest absolute Gasteiger partial charge is 0.392 e. The minimum atomic E-state index is -4.64. The third kappa shape index (κ3) is 4.04. The standard InChI is InChI=1S/C14H12F6N2O/c1-22-6-11(14(18,19)20)21-12(22)8-2-3-9(7-23)10(4-8)5-13(15,16)17/h2-4,6,23H,5,7H2,1H3. The molecule has 2 aromatic rings.